The third-order valence-electron chi connectivity index (χ3n) is 2.35. The van der Waals surface area contributed by atoms with Crippen molar-refractivity contribution in [1.82, 2.24) is 0 Å². The molecular weight excluding hydrogens is 172 g/mol. The summed E-state index contributed by atoms with van der Waals surface area (Å²) in [6, 6.07) is 0. The van der Waals surface area contributed by atoms with E-state index >= 15 is 0 Å². The first kappa shape index (κ1) is 10.9. The second-order valence-electron chi connectivity index (χ2n) is 3.08. The van der Waals surface area contributed by atoms with Gasteiger partial charge in [-0.1, -0.05) is 0 Å². The van der Waals surface area contributed by atoms with E-state index in [1.165, 1.54) is 0 Å². The summed E-state index contributed by atoms with van der Waals surface area (Å²) in [5.41, 5.74) is 0. The normalized spacial score (nSPS) is 40.6. The third-order valence-corrected chi connectivity index (χ3v) is 2.35. The van der Waals surface area contributed by atoms with Gasteiger partial charge >= 0.3 is 0 Å². The van der Waals surface area contributed by atoms with Crippen LogP contribution >= 0.6 is 0 Å². The first-order valence-corrected chi connectivity index (χ1v) is 4.31. The van der Waals surface area contributed by atoms with Crippen LogP contribution in [0.1, 0.15) is 6.92 Å². The van der Waals surface area contributed by atoms with Crippen LogP contribution < -0.4 is 0 Å². The van der Waals surface area contributed by atoms with E-state index < -0.39 is 0 Å². The molecule has 1 fully saturated rings. The molecule has 1 saturated heterocycles. The Balaban J connectivity index is 2.64. The minimum atomic E-state index is -0.161. The number of hydrogen-bond acceptors (Lipinski definition) is 4. The zero-order valence-corrected chi connectivity index (χ0v) is 8.52. The maximum absolute atomic E-state index is 5.36. The van der Waals surface area contributed by atoms with Gasteiger partial charge in [0.25, 0.3) is 0 Å². The second-order valence-corrected chi connectivity index (χ2v) is 3.08. The van der Waals surface area contributed by atoms with Crippen LogP contribution in [0.3, 0.4) is 0 Å². The van der Waals surface area contributed by atoms with Crippen LogP contribution in [0.25, 0.3) is 0 Å². The number of ether oxygens (including phenoxy) is 4. The molecular formula is C9H17O4. The lowest BCUT2D eigenvalue weighted by atomic mass is 10.0. The van der Waals surface area contributed by atoms with Gasteiger partial charge in [-0.25, -0.2) is 0 Å². The van der Waals surface area contributed by atoms with Crippen LogP contribution in [-0.4, -0.2) is 45.7 Å². The maximum atomic E-state index is 5.36. The average Bonchev–Trinajstić information content (AvgIpc) is 2.17. The van der Waals surface area contributed by atoms with Crippen molar-refractivity contribution in [2.75, 3.05) is 21.3 Å². The van der Waals surface area contributed by atoms with Crippen LogP contribution in [-0.2, 0) is 18.9 Å². The first-order chi connectivity index (χ1) is 6.24. The summed E-state index contributed by atoms with van der Waals surface area (Å²) < 4.78 is 21.1. The highest BCUT2D eigenvalue weighted by Gasteiger charge is 2.39. The summed E-state index contributed by atoms with van der Waals surface area (Å²) in [5.74, 6) is 0. The Morgan fingerprint density at radius 2 is 1.62 bits per heavy atom. The van der Waals surface area contributed by atoms with E-state index in [-0.39, 0.29) is 24.4 Å². The van der Waals surface area contributed by atoms with Crippen molar-refractivity contribution < 1.29 is 18.9 Å². The van der Waals surface area contributed by atoms with Crippen molar-refractivity contribution in [3.63, 3.8) is 0 Å². The summed E-state index contributed by atoms with van der Waals surface area (Å²) in [7, 11) is 4.92. The highest BCUT2D eigenvalue weighted by molar-refractivity contribution is 4.92. The standard InChI is InChI=1S/C9H17O4/c1-6-8(11-3)9(12-4)7(10-2)5-13-6/h5-9H,1-4H3/t6-,7-,8-,9-/m1/s1. The molecule has 0 aromatic rings. The SMILES string of the molecule is CO[C@H]1[C@H](OC)[C@H](OC)[CH]O[C@@H]1C. The molecule has 1 aliphatic rings. The van der Waals surface area contributed by atoms with Gasteiger partial charge in [-0.3, -0.25) is 0 Å². The topological polar surface area (TPSA) is 36.9 Å². The van der Waals surface area contributed by atoms with Gasteiger partial charge in [0, 0.05) is 21.3 Å². The Morgan fingerprint density at radius 1 is 1.00 bits per heavy atom. The zero-order valence-electron chi connectivity index (χ0n) is 8.52. The van der Waals surface area contributed by atoms with Gasteiger partial charge in [0.1, 0.15) is 24.9 Å². The molecule has 1 aliphatic heterocycles. The van der Waals surface area contributed by atoms with Crippen LogP contribution in [0.2, 0.25) is 0 Å². The predicted molar refractivity (Wildman–Crippen MR) is 47.2 cm³/mol. The fraction of sp³-hybridized carbons (Fsp3) is 0.889. The van der Waals surface area contributed by atoms with E-state index in [9.17, 15) is 0 Å². The van der Waals surface area contributed by atoms with Gasteiger partial charge < -0.3 is 18.9 Å². The van der Waals surface area contributed by atoms with Gasteiger partial charge in [-0.15, -0.1) is 0 Å². The summed E-state index contributed by atoms with van der Waals surface area (Å²) in [5, 5.41) is 0. The molecule has 0 bridgehead atoms. The highest BCUT2D eigenvalue weighted by Crippen LogP contribution is 2.24. The van der Waals surface area contributed by atoms with E-state index in [0.717, 1.165) is 0 Å². The van der Waals surface area contributed by atoms with Crippen molar-refractivity contribution >= 4 is 0 Å². The van der Waals surface area contributed by atoms with Crippen molar-refractivity contribution in [1.29, 1.82) is 0 Å². The van der Waals surface area contributed by atoms with Gasteiger partial charge in [0.15, 0.2) is 0 Å². The molecule has 0 unspecified atom stereocenters. The van der Waals surface area contributed by atoms with E-state index in [1.54, 1.807) is 27.9 Å². The molecule has 13 heavy (non-hydrogen) atoms. The van der Waals surface area contributed by atoms with E-state index in [2.05, 4.69) is 0 Å². The Kier molecular flexibility index (Phi) is 4.12. The monoisotopic (exact) mass is 189 g/mol. The van der Waals surface area contributed by atoms with Crippen molar-refractivity contribution in [3.8, 4) is 0 Å². The third kappa shape index (κ3) is 2.20. The van der Waals surface area contributed by atoms with E-state index in [0.29, 0.717) is 0 Å². The molecule has 4 nitrogen and oxygen atoms in total. The van der Waals surface area contributed by atoms with Crippen molar-refractivity contribution in [2.24, 2.45) is 0 Å². The lowest BCUT2D eigenvalue weighted by molar-refractivity contribution is -0.183. The summed E-state index contributed by atoms with van der Waals surface area (Å²) in [6.45, 7) is 3.61. The molecule has 4 atom stereocenters. The Morgan fingerprint density at radius 3 is 2.08 bits per heavy atom. The quantitative estimate of drug-likeness (QED) is 0.652. The molecule has 4 heteroatoms. The number of rotatable bonds is 3. The van der Waals surface area contributed by atoms with E-state index in [1.807, 2.05) is 6.92 Å². The minimum absolute atomic E-state index is 0.00125. The molecule has 0 saturated carbocycles. The Labute approximate surface area is 79.1 Å². The van der Waals surface area contributed by atoms with Gasteiger partial charge in [-0.2, -0.15) is 0 Å². The summed E-state index contributed by atoms with van der Waals surface area (Å²) in [4.78, 5) is 0. The maximum Gasteiger partial charge on any atom is 0.116 e. The van der Waals surface area contributed by atoms with Gasteiger partial charge in [0.2, 0.25) is 0 Å². The fourth-order valence-corrected chi connectivity index (χ4v) is 1.59. The molecule has 0 aromatic heterocycles. The molecule has 1 heterocycles. The molecule has 0 amide bonds. The van der Waals surface area contributed by atoms with Crippen molar-refractivity contribution in [2.45, 2.75) is 31.3 Å². The summed E-state index contributed by atoms with van der Waals surface area (Å²) >= 11 is 0. The lowest BCUT2D eigenvalue weighted by Crippen LogP contribution is -2.52. The molecule has 77 valence electrons. The number of methoxy groups -OCH3 is 3. The molecule has 0 aromatic carbocycles. The Hall–Kier alpha value is -0.160. The van der Waals surface area contributed by atoms with Gasteiger partial charge in [-0.05, 0) is 6.92 Å². The lowest BCUT2D eigenvalue weighted by Gasteiger charge is -2.38. The van der Waals surface area contributed by atoms with E-state index in [4.69, 9.17) is 18.9 Å². The molecule has 1 rings (SSSR count). The minimum Gasteiger partial charge on any atom is -0.376 e. The van der Waals surface area contributed by atoms with Crippen LogP contribution in [0.4, 0.5) is 0 Å². The highest BCUT2D eigenvalue weighted by atomic mass is 16.6. The van der Waals surface area contributed by atoms with Crippen molar-refractivity contribution in [3.05, 3.63) is 6.61 Å². The first-order valence-electron chi connectivity index (χ1n) is 4.31. The molecule has 0 spiro atoms. The van der Waals surface area contributed by atoms with Crippen LogP contribution in [0.15, 0.2) is 0 Å². The van der Waals surface area contributed by atoms with Crippen LogP contribution in [0, 0.1) is 6.61 Å². The fourth-order valence-electron chi connectivity index (χ4n) is 1.59. The molecule has 0 N–H and O–H groups in total. The molecule has 0 aliphatic carbocycles. The largest absolute Gasteiger partial charge is 0.376 e. The summed E-state index contributed by atoms with van der Waals surface area (Å²) in [6.07, 6.45) is -0.341. The second kappa shape index (κ2) is 4.91. The smallest absolute Gasteiger partial charge is 0.116 e. The number of hydrogen-bond donors (Lipinski definition) is 0. The van der Waals surface area contributed by atoms with Crippen LogP contribution in [0.5, 0.6) is 0 Å². The Bertz CT molecular complexity index is 151. The van der Waals surface area contributed by atoms with Gasteiger partial charge in [0.05, 0.1) is 6.10 Å². The average molecular weight is 189 g/mol. The zero-order chi connectivity index (χ0) is 9.84. The molecule has 1 radical (unpaired) electrons. The predicted octanol–water partition coefficient (Wildman–Crippen LogP) is 0.612.